The van der Waals surface area contributed by atoms with E-state index in [4.69, 9.17) is 0 Å². The minimum absolute atomic E-state index is 0.00972. The zero-order valence-corrected chi connectivity index (χ0v) is 13.1. The second-order valence-electron chi connectivity index (χ2n) is 6.82. The van der Waals surface area contributed by atoms with Crippen molar-refractivity contribution in [3.63, 3.8) is 0 Å². The highest BCUT2D eigenvalue weighted by Gasteiger charge is 2.54. The van der Waals surface area contributed by atoms with E-state index in [2.05, 4.69) is 12.2 Å². The molecule has 0 aromatic rings. The zero-order valence-electron chi connectivity index (χ0n) is 13.1. The van der Waals surface area contributed by atoms with E-state index in [0.29, 0.717) is 6.54 Å². The molecule has 1 aliphatic carbocycles. The summed E-state index contributed by atoms with van der Waals surface area (Å²) in [6, 6.07) is 0. The fraction of sp³-hybridized carbons (Fsp3) is 0.875. The Balaban J connectivity index is 2.20. The summed E-state index contributed by atoms with van der Waals surface area (Å²) < 4.78 is 0. The van der Waals surface area contributed by atoms with Crippen LogP contribution in [-0.2, 0) is 9.59 Å². The molecule has 1 aliphatic heterocycles. The molecule has 20 heavy (non-hydrogen) atoms. The van der Waals surface area contributed by atoms with Gasteiger partial charge in [0.15, 0.2) is 0 Å². The molecule has 2 amide bonds. The summed E-state index contributed by atoms with van der Waals surface area (Å²) in [6.07, 6.45) is 8.06. The van der Waals surface area contributed by atoms with Gasteiger partial charge in [-0.1, -0.05) is 39.0 Å². The van der Waals surface area contributed by atoms with Gasteiger partial charge < -0.3 is 10.2 Å². The summed E-state index contributed by atoms with van der Waals surface area (Å²) in [5.41, 5.74) is -1.31. The Labute approximate surface area is 122 Å². The number of nitrogens with one attached hydrogen (secondary N) is 1. The quantitative estimate of drug-likeness (QED) is 0.805. The maximum absolute atomic E-state index is 13.0. The van der Waals surface area contributed by atoms with E-state index in [-0.39, 0.29) is 11.8 Å². The van der Waals surface area contributed by atoms with Crippen molar-refractivity contribution in [3.8, 4) is 0 Å². The fourth-order valence-electron chi connectivity index (χ4n) is 3.45. The molecule has 0 bridgehead atoms. The Morgan fingerprint density at radius 1 is 1.10 bits per heavy atom. The van der Waals surface area contributed by atoms with Crippen molar-refractivity contribution in [2.45, 2.75) is 83.2 Å². The van der Waals surface area contributed by atoms with Crippen LogP contribution in [0.5, 0.6) is 0 Å². The van der Waals surface area contributed by atoms with Gasteiger partial charge in [0.05, 0.1) is 0 Å². The highest BCUT2D eigenvalue weighted by Crippen LogP contribution is 2.36. The maximum atomic E-state index is 13.0. The first-order chi connectivity index (χ1) is 9.44. The van der Waals surface area contributed by atoms with Gasteiger partial charge in [0, 0.05) is 6.54 Å². The number of piperazine rings is 1. The van der Waals surface area contributed by atoms with E-state index in [1.54, 1.807) is 0 Å². The first kappa shape index (κ1) is 15.3. The number of carbonyl (C=O) groups is 2. The van der Waals surface area contributed by atoms with Crippen molar-refractivity contribution in [3.05, 3.63) is 0 Å². The first-order valence-electron chi connectivity index (χ1n) is 8.09. The number of carbonyl (C=O) groups excluding carboxylic acids is 2. The molecule has 1 saturated carbocycles. The lowest BCUT2D eigenvalue weighted by molar-refractivity contribution is -0.162. The normalized spacial score (nSPS) is 24.9. The van der Waals surface area contributed by atoms with Crippen molar-refractivity contribution >= 4 is 11.8 Å². The van der Waals surface area contributed by atoms with Crippen LogP contribution in [0.2, 0.25) is 0 Å². The fourth-order valence-corrected chi connectivity index (χ4v) is 3.45. The van der Waals surface area contributed by atoms with E-state index in [1.807, 2.05) is 18.7 Å². The molecular formula is C16H28N2O2. The number of hydrogen-bond acceptors (Lipinski definition) is 2. The van der Waals surface area contributed by atoms with Crippen LogP contribution in [0, 0.1) is 0 Å². The molecular weight excluding hydrogens is 252 g/mol. The first-order valence-corrected chi connectivity index (χ1v) is 8.09. The lowest BCUT2D eigenvalue weighted by Crippen LogP contribution is -2.74. The Morgan fingerprint density at radius 2 is 1.75 bits per heavy atom. The van der Waals surface area contributed by atoms with Gasteiger partial charge in [-0.2, -0.15) is 0 Å². The Morgan fingerprint density at radius 3 is 2.35 bits per heavy atom. The third-order valence-corrected chi connectivity index (χ3v) is 4.93. The van der Waals surface area contributed by atoms with Gasteiger partial charge in [0.1, 0.15) is 11.1 Å². The van der Waals surface area contributed by atoms with Crippen LogP contribution < -0.4 is 5.32 Å². The minimum atomic E-state index is -0.715. The standard InChI is InChI=1S/C16H28N2O2/c1-4-5-9-12-18-14(20)16(10-7-6-8-11-16)17-13(19)15(18,2)3/h4-12H2,1-3H3,(H,17,19). The molecule has 2 fully saturated rings. The summed E-state index contributed by atoms with van der Waals surface area (Å²) in [5.74, 6) is 0.161. The summed E-state index contributed by atoms with van der Waals surface area (Å²) in [7, 11) is 0. The van der Waals surface area contributed by atoms with Gasteiger partial charge in [-0.05, 0) is 33.1 Å². The molecule has 1 N–H and O–H groups in total. The summed E-state index contributed by atoms with van der Waals surface area (Å²) in [5, 5.41) is 3.06. The van der Waals surface area contributed by atoms with E-state index in [1.165, 1.54) is 6.42 Å². The maximum Gasteiger partial charge on any atom is 0.249 e. The van der Waals surface area contributed by atoms with Gasteiger partial charge in [0.25, 0.3) is 0 Å². The van der Waals surface area contributed by atoms with Crippen LogP contribution in [0.25, 0.3) is 0 Å². The molecule has 0 unspecified atom stereocenters. The third-order valence-electron chi connectivity index (χ3n) is 4.93. The molecule has 2 aliphatic rings. The topological polar surface area (TPSA) is 49.4 Å². The van der Waals surface area contributed by atoms with Gasteiger partial charge >= 0.3 is 0 Å². The highest BCUT2D eigenvalue weighted by molar-refractivity contribution is 6.01. The van der Waals surface area contributed by atoms with Gasteiger partial charge in [-0.3, -0.25) is 9.59 Å². The van der Waals surface area contributed by atoms with Crippen LogP contribution >= 0.6 is 0 Å². The van der Waals surface area contributed by atoms with Crippen LogP contribution in [0.15, 0.2) is 0 Å². The zero-order chi connectivity index (χ0) is 14.8. The molecule has 4 heteroatoms. The molecule has 0 aromatic heterocycles. The van der Waals surface area contributed by atoms with E-state index >= 15 is 0 Å². The smallest absolute Gasteiger partial charge is 0.249 e. The number of unbranched alkanes of at least 4 members (excludes halogenated alkanes) is 2. The lowest BCUT2D eigenvalue weighted by Gasteiger charge is -2.51. The van der Waals surface area contributed by atoms with Crippen molar-refractivity contribution in [2.24, 2.45) is 0 Å². The van der Waals surface area contributed by atoms with Crippen molar-refractivity contribution in [2.75, 3.05) is 6.54 Å². The molecule has 0 atom stereocenters. The van der Waals surface area contributed by atoms with Crippen LogP contribution in [0.4, 0.5) is 0 Å². The van der Waals surface area contributed by atoms with Crippen molar-refractivity contribution < 1.29 is 9.59 Å². The number of amides is 2. The average molecular weight is 280 g/mol. The van der Waals surface area contributed by atoms with Crippen LogP contribution in [0.3, 0.4) is 0 Å². The van der Waals surface area contributed by atoms with Gasteiger partial charge in [-0.25, -0.2) is 0 Å². The van der Waals surface area contributed by atoms with Crippen LogP contribution in [0.1, 0.15) is 72.1 Å². The van der Waals surface area contributed by atoms with Crippen molar-refractivity contribution in [1.82, 2.24) is 10.2 Å². The minimum Gasteiger partial charge on any atom is -0.340 e. The molecule has 0 aromatic carbocycles. The molecule has 4 nitrogen and oxygen atoms in total. The molecule has 1 saturated heterocycles. The summed E-state index contributed by atoms with van der Waals surface area (Å²) >= 11 is 0. The Bertz CT molecular complexity index is 384. The van der Waals surface area contributed by atoms with E-state index in [9.17, 15) is 9.59 Å². The number of nitrogens with zero attached hydrogens (tertiary/aromatic N) is 1. The van der Waals surface area contributed by atoms with E-state index < -0.39 is 11.1 Å². The molecule has 1 heterocycles. The lowest BCUT2D eigenvalue weighted by atomic mass is 9.76. The number of hydrogen-bond donors (Lipinski definition) is 1. The SMILES string of the molecule is CCCCCN1C(=O)C2(CCCCC2)NC(=O)C1(C)C. The largest absolute Gasteiger partial charge is 0.340 e. The van der Waals surface area contributed by atoms with Crippen molar-refractivity contribution in [1.29, 1.82) is 0 Å². The molecule has 2 rings (SSSR count). The van der Waals surface area contributed by atoms with Gasteiger partial charge in [-0.15, -0.1) is 0 Å². The second kappa shape index (κ2) is 5.74. The Kier molecular flexibility index (Phi) is 4.40. The average Bonchev–Trinajstić information content (AvgIpc) is 2.42. The van der Waals surface area contributed by atoms with E-state index in [0.717, 1.165) is 44.9 Å². The monoisotopic (exact) mass is 280 g/mol. The third kappa shape index (κ3) is 2.57. The molecule has 0 radical (unpaired) electrons. The van der Waals surface area contributed by atoms with Gasteiger partial charge in [0.2, 0.25) is 11.8 Å². The molecule has 1 spiro atoms. The predicted octanol–water partition coefficient (Wildman–Crippen LogP) is 2.62. The molecule has 114 valence electrons. The Hall–Kier alpha value is -1.06. The summed E-state index contributed by atoms with van der Waals surface area (Å²) in [6.45, 7) is 6.58. The second-order valence-corrected chi connectivity index (χ2v) is 6.82. The predicted molar refractivity (Wildman–Crippen MR) is 79.3 cm³/mol. The summed E-state index contributed by atoms with van der Waals surface area (Å²) in [4.78, 5) is 27.3. The van der Waals surface area contributed by atoms with Crippen LogP contribution in [-0.4, -0.2) is 34.3 Å². The number of rotatable bonds is 4. The highest BCUT2D eigenvalue weighted by atomic mass is 16.2.